The van der Waals surface area contributed by atoms with Gasteiger partial charge < -0.3 is 19.1 Å². The molecule has 0 saturated heterocycles. The zero-order valence-corrected chi connectivity index (χ0v) is 35.3. The second kappa shape index (κ2) is 14.5. The monoisotopic (exact) mass is 902 g/mol. The molecule has 7 aromatic rings. The van der Waals surface area contributed by atoms with E-state index in [1.165, 1.54) is 33.5 Å². The molecule has 1 aromatic heterocycles. The Morgan fingerprint density at radius 2 is 1.20 bits per heavy atom. The summed E-state index contributed by atoms with van der Waals surface area (Å²) < 4.78 is 8.81. The van der Waals surface area contributed by atoms with E-state index < -0.39 is 0 Å². The van der Waals surface area contributed by atoms with E-state index in [4.69, 9.17) is 9.72 Å². The number of para-hydroxylation sites is 4. The van der Waals surface area contributed by atoms with Crippen LogP contribution in [0.5, 0.6) is 11.5 Å². The van der Waals surface area contributed by atoms with Gasteiger partial charge in [0.2, 0.25) is 0 Å². The van der Waals surface area contributed by atoms with Crippen molar-refractivity contribution in [3.05, 3.63) is 162 Å². The van der Waals surface area contributed by atoms with Crippen LogP contribution < -0.4 is 14.5 Å². The van der Waals surface area contributed by atoms with Crippen molar-refractivity contribution in [2.45, 2.75) is 73.1 Å². The average molecular weight is 903 g/mol. The van der Waals surface area contributed by atoms with Crippen molar-refractivity contribution in [1.82, 2.24) is 9.55 Å². The van der Waals surface area contributed by atoms with Gasteiger partial charge in [0.15, 0.2) is 0 Å². The number of anilines is 4. The van der Waals surface area contributed by atoms with Crippen LogP contribution in [0, 0.1) is 39.6 Å². The van der Waals surface area contributed by atoms with Crippen molar-refractivity contribution >= 4 is 33.8 Å². The van der Waals surface area contributed by atoms with Crippen molar-refractivity contribution in [2.24, 2.45) is 0 Å². The van der Waals surface area contributed by atoms with Gasteiger partial charge in [-0.1, -0.05) is 95.6 Å². The van der Waals surface area contributed by atoms with Gasteiger partial charge in [0.1, 0.15) is 0 Å². The van der Waals surface area contributed by atoms with E-state index in [9.17, 15) is 0 Å². The van der Waals surface area contributed by atoms with Gasteiger partial charge in [-0.25, -0.2) is 0 Å². The number of nitrogens with zero attached hydrogens (tertiary/aromatic N) is 4. The number of aryl methyl sites for hydroxylation is 3. The Balaban J connectivity index is 0.00000465. The Kier molecular flexibility index (Phi) is 10.1. The first-order valence-electron chi connectivity index (χ1n) is 18.7. The number of hydrogen-bond donors (Lipinski definition) is 0. The summed E-state index contributed by atoms with van der Waals surface area (Å²) >= 11 is 0. The molecule has 0 unspecified atom stereocenters. The molecule has 0 atom stereocenters. The van der Waals surface area contributed by atoms with Gasteiger partial charge in [-0.05, 0) is 90.3 Å². The first kappa shape index (κ1) is 38.2. The number of rotatable bonds is 6. The Morgan fingerprint density at radius 1 is 0.618 bits per heavy atom. The minimum Gasteiger partial charge on any atom is -0.503 e. The van der Waals surface area contributed by atoms with Gasteiger partial charge in [0.05, 0.1) is 16.9 Å². The second-order valence-electron chi connectivity index (χ2n) is 16.6. The number of ether oxygens (including phenoxy) is 1. The maximum absolute atomic E-state index is 6.54. The summed E-state index contributed by atoms with van der Waals surface area (Å²) in [5.74, 6) is 2.01. The predicted octanol–water partition coefficient (Wildman–Crippen LogP) is 13.0. The first-order valence-corrected chi connectivity index (χ1v) is 18.7. The van der Waals surface area contributed by atoms with Gasteiger partial charge in [0, 0.05) is 55.3 Å². The van der Waals surface area contributed by atoms with Crippen LogP contribution in [0.15, 0.2) is 115 Å². The molecule has 5 nitrogen and oxygen atoms in total. The van der Waals surface area contributed by atoms with E-state index in [0.717, 1.165) is 45.2 Å². The number of hydrogen-bond acceptors (Lipinski definition) is 4. The molecule has 0 fully saturated rings. The Hall–Kier alpha value is -5.12. The third-order valence-corrected chi connectivity index (χ3v) is 10.2. The van der Waals surface area contributed by atoms with Crippen LogP contribution in [0.2, 0.25) is 0 Å². The van der Waals surface area contributed by atoms with E-state index in [1.807, 2.05) is 30.3 Å². The molecule has 55 heavy (non-hydrogen) atoms. The average Bonchev–Trinajstić information content (AvgIpc) is 3.70. The quantitative estimate of drug-likeness (QED) is 0.156. The smallest absolute Gasteiger partial charge is 0.0774 e. The number of fused-ring (bicyclic) bond motifs is 2. The Labute approximate surface area is 340 Å². The number of benzene rings is 6. The Morgan fingerprint density at radius 3 is 1.85 bits per heavy atom. The van der Waals surface area contributed by atoms with Crippen LogP contribution >= 0.6 is 0 Å². The molecule has 6 aromatic carbocycles. The van der Waals surface area contributed by atoms with Crippen LogP contribution in [-0.2, 0) is 31.9 Å². The van der Waals surface area contributed by atoms with Crippen LogP contribution in [0.1, 0.15) is 69.4 Å². The summed E-state index contributed by atoms with van der Waals surface area (Å²) in [6.45, 7) is 22.3. The molecule has 2 heterocycles. The largest absolute Gasteiger partial charge is 0.503 e. The number of aromatic nitrogens is 2. The fraction of sp³-hybridized carbons (Fsp3) is 0.224. The standard InChI is InChI=1S/C49H47N4O.Pt/c1-32-24-33(2)46(34(3)25-32)52-31-51(44-22-12-13-23-45(44)52)38-17-15-19-41(30-38)54-40-18-14-16-35(26-40)47-50-42-20-10-11-21-43(42)53(47)39-28-36(48(4,5)6)27-37(29-39)49(7,8)9;/h10-25,27-29,31H,1-9H3;/q-3;. The van der Waals surface area contributed by atoms with Crippen LogP contribution in [0.3, 0.4) is 0 Å². The second-order valence-corrected chi connectivity index (χ2v) is 16.6. The van der Waals surface area contributed by atoms with E-state index in [0.29, 0.717) is 11.5 Å². The third-order valence-electron chi connectivity index (χ3n) is 10.2. The minimum atomic E-state index is -0.0246. The SMILES string of the molecule is Cc1cc(C)c(N2[CH-]N(c3[c-]c(Oc4[c-]c(-c5nc6ccccc6n5-c5cc(C(C)(C)C)cc(C(C)(C)C)c5)ccc4)ccc3)c3ccccc32)c(C)c1.[Pt]. The van der Waals surface area contributed by atoms with Crippen molar-refractivity contribution < 1.29 is 25.8 Å². The van der Waals surface area contributed by atoms with E-state index in [-0.39, 0.29) is 31.9 Å². The molecule has 6 heteroatoms. The minimum absolute atomic E-state index is 0. The van der Waals surface area contributed by atoms with Crippen molar-refractivity contribution in [1.29, 1.82) is 0 Å². The van der Waals surface area contributed by atoms with E-state index >= 15 is 0 Å². The number of imidazole rings is 1. The van der Waals surface area contributed by atoms with Crippen molar-refractivity contribution in [3.8, 4) is 28.6 Å². The Bertz CT molecular complexity index is 2480. The summed E-state index contributed by atoms with van der Waals surface area (Å²) in [7, 11) is 0. The molecule has 0 bridgehead atoms. The predicted molar refractivity (Wildman–Crippen MR) is 224 cm³/mol. The molecule has 282 valence electrons. The summed E-state index contributed by atoms with van der Waals surface area (Å²) in [5, 5.41) is 0. The van der Waals surface area contributed by atoms with Crippen molar-refractivity contribution in [2.75, 3.05) is 9.80 Å². The molecule has 0 aliphatic carbocycles. The topological polar surface area (TPSA) is 33.5 Å². The van der Waals surface area contributed by atoms with Gasteiger partial charge in [0.25, 0.3) is 0 Å². The molecule has 0 amide bonds. The zero-order chi connectivity index (χ0) is 37.9. The van der Waals surface area contributed by atoms with Crippen LogP contribution in [-0.4, -0.2) is 9.55 Å². The normalized spacial score (nSPS) is 12.9. The molecule has 0 spiro atoms. The summed E-state index contributed by atoms with van der Waals surface area (Å²) in [4.78, 5) is 9.65. The summed E-state index contributed by atoms with van der Waals surface area (Å²) in [6.07, 6.45) is 0. The fourth-order valence-corrected chi connectivity index (χ4v) is 7.50. The van der Waals surface area contributed by atoms with Crippen LogP contribution in [0.25, 0.3) is 28.1 Å². The first-order chi connectivity index (χ1) is 25.7. The molecule has 8 rings (SSSR count). The van der Waals surface area contributed by atoms with E-state index in [1.54, 1.807) is 0 Å². The zero-order valence-electron chi connectivity index (χ0n) is 33.1. The molecular weight excluding hydrogens is 856 g/mol. The molecule has 1 aliphatic rings. The maximum atomic E-state index is 6.54. The molecular formula is C49H47N4OPt-3. The van der Waals surface area contributed by atoms with E-state index in [2.05, 4.69) is 180 Å². The van der Waals surface area contributed by atoms with Crippen molar-refractivity contribution in [3.63, 3.8) is 0 Å². The van der Waals surface area contributed by atoms with Gasteiger partial charge in [-0.2, -0.15) is 6.07 Å². The van der Waals surface area contributed by atoms with Crippen LogP contribution in [0.4, 0.5) is 22.7 Å². The summed E-state index contributed by atoms with van der Waals surface area (Å²) in [6, 6.07) is 47.4. The van der Waals surface area contributed by atoms with Gasteiger partial charge in [-0.3, -0.25) is 4.98 Å². The molecule has 0 N–H and O–H groups in total. The fourth-order valence-electron chi connectivity index (χ4n) is 7.50. The molecule has 0 radical (unpaired) electrons. The molecule has 1 aliphatic heterocycles. The van der Waals surface area contributed by atoms with Gasteiger partial charge in [-0.15, -0.1) is 54.3 Å². The summed E-state index contributed by atoms with van der Waals surface area (Å²) in [5.41, 5.74) is 14.5. The van der Waals surface area contributed by atoms with Gasteiger partial charge >= 0.3 is 0 Å². The maximum Gasteiger partial charge on any atom is 0.0774 e. The molecule has 0 saturated carbocycles. The third kappa shape index (κ3) is 7.35.